The van der Waals surface area contributed by atoms with E-state index in [1.807, 2.05) is 0 Å². The van der Waals surface area contributed by atoms with Crippen molar-refractivity contribution in [3.05, 3.63) is 58.4 Å². The molecule has 5 nitrogen and oxygen atoms in total. The van der Waals surface area contributed by atoms with E-state index in [9.17, 15) is 31.1 Å². The van der Waals surface area contributed by atoms with E-state index >= 15 is 0 Å². The van der Waals surface area contributed by atoms with Crippen LogP contribution in [0.25, 0.3) is 5.69 Å². The summed E-state index contributed by atoms with van der Waals surface area (Å²) in [6.07, 6.45) is -9.14. The zero-order valence-electron chi connectivity index (χ0n) is 13.9. The molecule has 1 amide bonds. The highest BCUT2D eigenvalue weighted by atomic mass is 32.1. The summed E-state index contributed by atoms with van der Waals surface area (Å²) in [6, 6.07) is 3.23. The summed E-state index contributed by atoms with van der Waals surface area (Å²) in [4.78, 5) is 16.2. The van der Waals surface area contributed by atoms with Gasteiger partial charge in [-0.2, -0.15) is 31.4 Å². The number of aryl methyl sites for hydroxylation is 1. The van der Waals surface area contributed by atoms with Gasteiger partial charge in [-0.3, -0.25) is 10.1 Å². The first kappa shape index (κ1) is 19.9. The Kier molecular flexibility index (Phi) is 4.91. The maximum absolute atomic E-state index is 13.6. The summed E-state index contributed by atoms with van der Waals surface area (Å²) in [5.74, 6) is -1.13. The Labute approximate surface area is 157 Å². The molecule has 0 fully saturated rings. The Morgan fingerprint density at radius 2 is 1.86 bits per heavy atom. The zero-order valence-corrected chi connectivity index (χ0v) is 14.7. The van der Waals surface area contributed by atoms with E-state index in [2.05, 4.69) is 15.4 Å². The molecule has 12 heteroatoms. The van der Waals surface area contributed by atoms with Gasteiger partial charge in [-0.15, -0.1) is 11.3 Å². The predicted octanol–water partition coefficient (Wildman–Crippen LogP) is 4.93. The lowest BCUT2D eigenvalue weighted by Gasteiger charge is -2.14. The number of carbonyl (C=O) groups is 1. The molecule has 0 saturated heterocycles. The van der Waals surface area contributed by atoms with Crippen LogP contribution >= 0.6 is 11.3 Å². The third-order valence-electron chi connectivity index (χ3n) is 3.54. The Bertz CT molecular complexity index is 1020. The minimum Gasteiger partial charge on any atom is -0.298 e. The average Bonchev–Trinajstić information content (AvgIpc) is 3.20. The van der Waals surface area contributed by atoms with E-state index in [0.717, 1.165) is 29.5 Å². The summed E-state index contributed by atoms with van der Waals surface area (Å²) in [5.41, 5.74) is -3.38. The van der Waals surface area contributed by atoms with Crippen LogP contribution in [0.4, 0.5) is 31.5 Å². The van der Waals surface area contributed by atoms with Gasteiger partial charge < -0.3 is 0 Å². The fourth-order valence-corrected chi connectivity index (χ4v) is 3.06. The van der Waals surface area contributed by atoms with Crippen molar-refractivity contribution >= 4 is 22.4 Å². The molecule has 1 N–H and O–H groups in total. The molecule has 0 aliphatic rings. The lowest BCUT2D eigenvalue weighted by Crippen LogP contribution is -2.21. The molecule has 2 aromatic heterocycles. The lowest BCUT2D eigenvalue weighted by molar-refractivity contribution is -0.143. The number of hydrogen-bond donors (Lipinski definition) is 1. The van der Waals surface area contributed by atoms with Crippen LogP contribution in [0.2, 0.25) is 0 Å². The zero-order chi connectivity index (χ0) is 20.7. The molecule has 0 saturated carbocycles. The van der Waals surface area contributed by atoms with Crippen molar-refractivity contribution in [1.29, 1.82) is 0 Å². The van der Waals surface area contributed by atoms with Gasteiger partial charge in [-0.1, -0.05) is 6.07 Å². The molecule has 2 heterocycles. The Morgan fingerprint density at radius 3 is 2.43 bits per heavy atom. The topological polar surface area (TPSA) is 59.8 Å². The summed E-state index contributed by atoms with van der Waals surface area (Å²) in [6.45, 7) is 1.64. The highest BCUT2D eigenvalue weighted by Crippen LogP contribution is 2.36. The second-order valence-corrected chi connectivity index (χ2v) is 6.47. The number of amides is 1. The van der Waals surface area contributed by atoms with Crippen molar-refractivity contribution in [2.45, 2.75) is 19.3 Å². The van der Waals surface area contributed by atoms with Crippen LogP contribution in [0.5, 0.6) is 0 Å². The second kappa shape index (κ2) is 6.93. The Balaban J connectivity index is 2.06. The predicted molar refractivity (Wildman–Crippen MR) is 88.4 cm³/mol. The standard InChI is InChI=1S/C16H10F6N4OS/c1-8-7-28-14(24-8)25-13(27)11-6-23-26(12(11)16(20,21)22)10-4-2-3-9(5-10)15(17,18)19/h2-7H,1H3,(H,24,25,27). The van der Waals surface area contributed by atoms with Crippen LogP contribution < -0.4 is 5.32 Å². The molecule has 3 aromatic rings. The molecule has 0 atom stereocenters. The molecule has 0 bridgehead atoms. The first-order valence-electron chi connectivity index (χ1n) is 7.53. The van der Waals surface area contributed by atoms with Gasteiger partial charge in [-0.25, -0.2) is 9.67 Å². The van der Waals surface area contributed by atoms with Gasteiger partial charge in [0, 0.05) is 5.38 Å². The molecule has 0 aliphatic carbocycles. The minimum atomic E-state index is -5.05. The van der Waals surface area contributed by atoms with Gasteiger partial charge in [0.25, 0.3) is 5.91 Å². The van der Waals surface area contributed by atoms with Gasteiger partial charge in [0.15, 0.2) is 10.8 Å². The number of halogens is 6. The normalized spacial score (nSPS) is 12.2. The van der Waals surface area contributed by atoms with Crippen molar-refractivity contribution < 1.29 is 31.1 Å². The van der Waals surface area contributed by atoms with E-state index in [4.69, 9.17) is 0 Å². The van der Waals surface area contributed by atoms with Gasteiger partial charge in [0.05, 0.1) is 28.7 Å². The van der Waals surface area contributed by atoms with E-state index in [1.54, 1.807) is 12.3 Å². The van der Waals surface area contributed by atoms with Crippen molar-refractivity contribution in [1.82, 2.24) is 14.8 Å². The number of thiazole rings is 1. The van der Waals surface area contributed by atoms with Crippen LogP contribution in [0.15, 0.2) is 35.8 Å². The van der Waals surface area contributed by atoms with Crippen LogP contribution in [-0.4, -0.2) is 20.7 Å². The summed E-state index contributed by atoms with van der Waals surface area (Å²) in [7, 11) is 0. The largest absolute Gasteiger partial charge is 0.434 e. The molecule has 3 rings (SSSR count). The maximum Gasteiger partial charge on any atom is 0.434 e. The van der Waals surface area contributed by atoms with Gasteiger partial charge in [-0.05, 0) is 25.1 Å². The number of aromatic nitrogens is 3. The summed E-state index contributed by atoms with van der Waals surface area (Å²) in [5, 5.41) is 7.40. The first-order chi connectivity index (χ1) is 13.0. The van der Waals surface area contributed by atoms with Gasteiger partial charge >= 0.3 is 12.4 Å². The quantitative estimate of drug-likeness (QED) is 0.612. The molecule has 148 valence electrons. The Hall–Kier alpha value is -2.89. The summed E-state index contributed by atoms with van der Waals surface area (Å²) < 4.78 is 79.7. The maximum atomic E-state index is 13.6. The van der Waals surface area contributed by atoms with Crippen LogP contribution in [-0.2, 0) is 12.4 Å². The number of rotatable bonds is 3. The van der Waals surface area contributed by atoms with Crippen LogP contribution in [0.1, 0.15) is 27.3 Å². The molecule has 0 spiro atoms. The fourth-order valence-electron chi connectivity index (χ4n) is 2.37. The second-order valence-electron chi connectivity index (χ2n) is 5.61. The SMILES string of the molecule is Cc1csc(NC(=O)c2cnn(-c3cccc(C(F)(F)F)c3)c2C(F)(F)F)n1. The molecular formula is C16H10F6N4OS. The number of hydrogen-bond acceptors (Lipinski definition) is 4. The molecule has 28 heavy (non-hydrogen) atoms. The third-order valence-corrected chi connectivity index (χ3v) is 4.42. The highest BCUT2D eigenvalue weighted by Gasteiger charge is 2.41. The van der Waals surface area contributed by atoms with Crippen molar-refractivity contribution in [2.24, 2.45) is 0 Å². The molecule has 0 unspecified atom stereocenters. The lowest BCUT2D eigenvalue weighted by atomic mass is 10.1. The smallest absolute Gasteiger partial charge is 0.298 e. The minimum absolute atomic E-state index is 0.0856. The van der Waals surface area contributed by atoms with Crippen molar-refractivity contribution in [3.63, 3.8) is 0 Å². The van der Waals surface area contributed by atoms with Gasteiger partial charge in [0.1, 0.15) is 0 Å². The van der Waals surface area contributed by atoms with E-state index in [1.165, 1.54) is 0 Å². The highest BCUT2D eigenvalue weighted by molar-refractivity contribution is 7.13. The summed E-state index contributed by atoms with van der Waals surface area (Å²) >= 11 is 1.02. The van der Waals surface area contributed by atoms with Crippen LogP contribution in [0, 0.1) is 6.92 Å². The van der Waals surface area contributed by atoms with Crippen molar-refractivity contribution in [2.75, 3.05) is 5.32 Å². The number of nitrogens with zero attached hydrogens (tertiary/aromatic N) is 3. The van der Waals surface area contributed by atoms with Crippen molar-refractivity contribution in [3.8, 4) is 5.69 Å². The first-order valence-corrected chi connectivity index (χ1v) is 8.41. The molecular weight excluding hydrogens is 410 g/mol. The Morgan fingerprint density at radius 1 is 1.14 bits per heavy atom. The molecule has 0 aliphatic heterocycles. The number of benzene rings is 1. The monoisotopic (exact) mass is 420 g/mol. The number of nitrogens with one attached hydrogen (secondary N) is 1. The van der Waals surface area contributed by atoms with E-state index in [-0.39, 0.29) is 9.81 Å². The molecule has 1 aromatic carbocycles. The van der Waals surface area contributed by atoms with Gasteiger partial charge in [0.2, 0.25) is 0 Å². The number of alkyl halides is 6. The third kappa shape index (κ3) is 4.01. The van der Waals surface area contributed by atoms with E-state index < -0.39 is 40.8 Å². The van der Waals surface area contributed by atoms with Crippen LogP contribution in [0.3, 0.4) is 0 Å². The van der Waals surface area contributed by atoms with E-state index in [0.29, 0.717) is 18.0 Å². The number of carbonyl (C=O) groups excluding carboxylic acids is 1. The molecule has 0 radical (unpaired) electrons. The fraction of sp³-hybridized carbons (Fsp3) is 0.188. The number of anilines is 1. The average molecular weight is 420 g/mol.